The van der Waals surface area contributed by atoms with Gasteiger partial charge in [-0.2, -0.15) is 0 Å². The number of fused-ring (bicyclic) bond motifs is 2. The minimum atomic E-state index is -1.16. The minimum absolute atomic E-state index is 0.0571. The summed E-state index contributed by atoms with van der Waals surface area (Å²) >= 11 is 0. The van der Waals surface area contributed by atoms with Gasteiger partial charge in [0.1, 0.15) is 17.8 Å². The lowest BCUT2D eigenvalue weighted by molar-refractivity contribution is -0.161. The number of pyridine rings is 1. The third-order valence-electron chi connectivity index (χ3n) is 6.31. The zero-order valence-electron chi connectivity index (χ0n) is 17.9. The summed E-state index contributed by atoms with van der Waals surface area (Å²) in [5, 5.41) is 14.1. The molecule has 2 aliphatic heterocycles. The van der Waals surface area contributed by atoms with Gasteiger partial charge >= 0.3 is 5.97 Å². The number of carboxylic acid groups (broad SMARTS) is 1. The Morgan fingerprint density at radius 1 is 1.09 bits per heavy atom. The fourth-order valence-corrected chi connectivity index (χ4v) is 4.68. The number of carbonyl (C=O) groups excluding carboxylic acids is 3. The van der Waals surface area contributed by atoms with E-state index < -0.39 is 35.9 Å². The molecule has 2 N–H and O–H groups in total. The third-order valence-corrected chi connectivity index (χ3v) is 6.31. The van der Waals surface area contributed by atoms with Crippen LogP contribution in [0.3, 0.4) is 0 Å². The monoisotopic (exact) mass is 438 g/mol. The Hall–Kier alpha value is -3.49. The molecule has 0 saturated carbocycles. The average molecular weight is 438 g/mol. The molecule has 0 unspecified atom stereocenters. The second-order valence-corrected chi connectivity index (χ2v) is 8.37. The van der Waals surface area contributed by atoms with E-state index in [-0.39, 0.29) is 18.1 Å². The average Bonchev–Trinajstić information content (AvgIpc) is 2.78. The maximum atomic E-state index is 13.5. The molecule has 3 atom stereocenters. The summed E-state index contributed by atoms with van der Waals surface area (Å²) in [6.07, 6.45) is 4.06. The topological polar surface area (TPSA) is 120 Å². The van der Waals surface area contributed by atoms with E-state index in [9.17, 15) is 24.3 Å². The summed E-state index contributed by atoms with van der Waals surface area (Å²) in [5.41, 5.74) is 0.227. The molecule has 0 radical (unpaired) electrons. The van der Waals surface area contributed by atoms with E-state index in [0.717, 1.165) is 11.8 Å². The Balaban J connectivity index is 1.61. The summed E-state index contributed by atoms with van der Waals surface area (Å²) < 4.78 is 0. The van der Waals surface area contributed by atoms with Gasteiger partial charge in [0.25, 0.3) is 5.91 Å². The molecule has 0 spiro atoms. The normalized spacial score (nSPS) is 23.8. The lowest BCUT2D eigenvalue weighted by Crippen LogP contribution is -2.67. The van der Waals surface area contributed by atoms with Gasteiger partial charge in [-0.25, -0.2) is 4.79 Å². The van der Waals surface area contributed by atoms with Crippen LogP contribution in [0, 0.1) is 0 Å². The van der Waals surface area contributed by atoms with E-state index in [1.54, 1.807) is 12.3 Å². The van der Waals surface area contributed by atoms with Crippen LogP contribution in [0.25, 0.3) is 10.8 Å². The second-order valence-electron chi connectivity index (χ2n) is 8.37. The van der Waals surface area contributed by atoms with Gasteiger partial charge in [-0.05, 0) is 24.3 Å². The summed E-state index contributed by atoms with van der Waals surface area (Å²) in [5.74, 6) is -2.25. The maximum absolute atomic E-state index is 13.5. The number of benzene rings is 1. The van der Waals surface area contributed by atoms with Crippen LogP contribution >= 0.6 is 0 Å². The van der Waals surface area contributed by atoms with E-state index in [0.29, 0.717) is 31.2 Å². The highest BCUT2D eigenvalue weighted by Crippen LogP contribution is 2.26. The molecule has 3 heterocycles. The van der Waals surface area contributed by atoms with E-state index in [1.807, 2.05) is 24.3 Å². The first-order valence-corrected chi connectivity index (χ1v) is 10.8. The SMILES string of the molecule is CC(=O)N1C[C@@H]2CCCC[C@H](NC(=O)c3nccc4ccccc34)C(=O)N2[C@H](C(=O)O)C1. The lowest BCUT2D eigenvalue weighted by atomic mass is 9.93. The third kappa shape index (κ3) is 4.15. The Morgan fingerprint density at radius 2 is 1.84 bits per heavy atom. The molecule has 2 saturated heterocycles. The molecule has 0 bridgehead atoms. The second kappa shape index (κ2) is 8.94. The first-order chi connectivity index (χ1) is 15.4. The van der Waals surface area contributed by atoms with E-state index in [4.69, 9.17) is 0 Å². The first kappa shape index (κ1) is 21.7. The number of piperazine rings is 1. The van der Waals surface area contributed by atoms with Crippen molar-refractivity contribution in [3.05, 3.63) is 42.2 Å². The molecular weight excluding hydrogens is 412 g/mol. The zero-order valence-corrected chi connectivity index (χ0v) is 17.9. The number of aromatic nitrogens is 1. The Kier molecular flexibility index (Phi) is 6.07. The number of amides is 3. The van der Waals surface area contributed by atoms with Crippen LogP contribution in [0.4, 0.5) is 0 Å². The molecule has 9 heteroatoms. The van der Waals surface area contributed by atoms with Crippen molar-refractivity contribution in [3.8, 4) is 0 Å². The van der Waals surface area contributed by atoms with Crippen LogP contribution in [0.1, 0.15) is 43.1 Å². The van der Waals surface area contributed by atoms with Crippen LogP contribution in [0.15, 0.2) is 36.5 Å². The summed E-state index contributed by atoms with van der Waals surface area (Å²) in [6, 6.07) is 6.80. The van der Waals surface area contributed by atoms with Gasteiger partial charge in [-0.15, -0.1) is 0 Å². The molecule has 2 aliphatic rings. The summed E-state index contributed by atoms with van der Waals surface area (Å²) in [7, 11) is 0. The quantitative estimate of drug-likeness (QED) is 0.748. The van der Waals surface area contributed by atoms with E-state index >= 15 is 0 Å². The van der Waals surface area contributed by atoms with Crippen molar-refractivity contribution in [2.24, 2.45) is 0 Å². The van der Waals surface area contributed by atoms with Crippen LogP contribution in [-0.2, 0) is 14.4 Å². The molecule has 2 fully saturated rings. The number of nitrogens with zero attached hydrogens (tertiary/aromatic N) is 3. The number of aliphatic carboxylic acids is 1. The molecule has 3 amide bonds. The highest BCUT2D eigenvalue weighted by molar-refractivity contribution is 6.06. The van der Waals surface area contributed by atoms with Crippen molar-refractivity contribution in [3.63, 3.8) is 0 Å². The number of carboxylic acids is 1. The fraction of sp³-hybridized carbons (Fsp3) is 0.435. The van der Waals surface area contributed by atoms with Gasteiger partial charge in [-0.3, -0.25) is 19.4 Å². The summed E-state index contributed by atoms with van der Waals surface area (Å²) in [4.78, 5) is 57.5. The van der Waals surface area contributed by atoms with Crippen LogP contribution in [0.5, 0.6) is 0 Å². The first-order valence-electron chi connectivity index (χ1n) is 10.8. The molecule has 4 rings (SSSR count). The number of carbonyl (C=O) groups is 4. The van der Waals surface area contributed by atoms with E-state index in [2.05, 4.69) is 10.3 Å². The van der Waals surface area contributed by atoms with Crippen molar-refractivity contribution in [1.82, 2.24) is 20.1 Å². The zero-order chi connectivity index (χ0) is 22.8. The van der Waals surface area contributed by atoms with Crippen LogP contribution in [0.2, 0.25) is 0 Å². The molecular formula is C23H26N4O5. The molecule has 32 heavy (non-hydrogen) atoms. The number of hydrogen-bond donors (Lipinski definition) is 2. The van der Waals surface area contributed by atoms with Gasteiger partial charge in [0, 0.05) is 25.1 Å². The van der Waals surface area contributed by atoms with Gasteiger partial charge < -0.3 is 20.2 Å². The van der Waals surface area contributed by atoms with Gasteiger partial charge in [0.15, 0.2) is 0 Å². The highest BCUT2D eigenvalue weighted by Gasteiger charge is 2.44. The Morgan fingerprint density at radius 3 is 2.59 bits per heavy atom. The fourth-order valence-electron chi connectivity index (χ4n) is 4.68. The Bertz CT molecular complexity index is 1070. The van der Waals surface area contributed by atoms with Crippen LogP contribution < -0.4 is 5.32 Å². The number of nitrogens with one attached hydrogen (secondary N) is 1. The largest absolute Gasteiger partial charge is 0.480 e. The van der Waals surface area contributed by atoms with Gasteiger partial charge in [-0.1, -0.05) is 37.1 Å². The van der Waals surface area contributed by atoms with Crippen molar-refractivity contribution >= 4 is 34.5 Å². The predicted octanol–water partition coefficient (Wildman–Crippen LogP) is 1.42. The smallest absolute Gasteiger partial charge is 0.328 e. The Labute approximate surface area is 185 Å². The molecule has 168 valence electrons. The predicted molar refractivity (Wildman–Crippen MR) is 116 cm³/mol. The van der Waals surface area contributed by atoms with Crippen molar-refractivity contribution in [1.29, 1.82) is 0 Å². The van der Waals surface area contributed by atoms with Gasteiger partial charge in [0.2, 0.25) is 11.8 Å². The lowest BCUT2D eigenvalue weighted by Gasteiger charge is -2.47. The van der Waals surface area contributed by atoms with Crippen molar-refractivity contribution in [2.75, 3.05) is 13.1 Å². The molecule has 2 aromatic rings. The van der Waals surface area contributed by atoms with Crippen molar-refractivity contribution in [2.45, 2.75) is 50.7 Å². The van der Waals surface area contributed by atoms with E-state index in [1.165, 1.54) is 16.7 Å². The molecule has 0 aliphatic carbocycles. The number of hydrogen-bond acceptors (Lipinski definition) is 5. The summed E-state index contributed by atoms with van der Waals surface area (Å²) in [6.45, 7) is 1.65. The van der Waals surface area contributed by atoms with Crippen LogP contribution in [-0.4, -0.2) is 74.8 Å². The standard InChI is InChI=1S/C23H26N4O5/c1-14(28)26-12-16-7-3-5-9-18(22(30)27(16)19(13-26)23(31)32)25-21(29)20-17-8-4-2-6-15(17)10-11-24-20/h2,4,6,8,10-11,16,18-19H,3,5,7,9,12-13H2,1H3,(H,25,29)(H,31,32)/t16-,18-,19-/m0/s1. The van der Waals surface area contributed by atoms with Gasteiger partial charge in [0.05, 0.1) is 12.6 Å². The maximum Gasteiger partial charge on any atom is 0.328 e. The molecule has 1 aromatic carbocycles. The number of rotatable bonds is 3. The molecule has 9 nitrogen and oxygen atoms in total. The highest BCUT2D eigenvalue weighted by atomic mass is 16.4. The van der Waals surface area contributed by atoms with Crippen molar-refractivity contribution < 1.29 is 24.3 Å². The molecule has 1 aromatic heterocycles. The minimum Gasteiger partial charge on any atom is -0.480 e.